The quantitative estimate of drug-likeness (QED) is 0.723. The molecule has 0 bridgehead atoms. The van der Waals surface area contributed by atoms with E-state index in [1.54, 1.807) is 6.07 Å². The maximum Gasteiger partial charge on any atom is 0.573 e. The molecule has 0 amide bonds. The Morgan fingerprint density at radius 1 is 1.05 bits per heavy atom. The van der Waals surface area contributed by atoms with Crippen LogP contribution in [-0.4, -0.2) is 6.36 Å². The summed E-state index contributed by atoms with van der Waals surface area (Å²) in [5.41, 5.74) is 2.53. The van der Waals surface area contributed by atoms with Crippen LogP contribution < -0.4 is 4.74 Å². The van der Waals surface area contributed by atoms with Crippen molar-refractivity contribution in [2.24, 2.45) is 0 Å². The van der Waals surface area contributed by atoms with Crippen molar-refractivity contribution in [1.29, 1.82) is 0 Å². The molecule has 19 heavy (non-hydrogen) atoms. The normalized spacial score (nSPS) is 11.4. The molecular weight excluding hydrogens is 321 g/mol. The van der Waals surface area contributed by atoms with Gasteiger partial charge in [0.05, 0.1) is 0 Å². The highest BCUT2D eigenvalue weighted by Crippen LogP contribution is 2.32. The number of rotatable bonds is 2. The topological polar surface area (TPSA) is 9.23 Å². The Morgan fingerprint density at radius 2 is 1.74 bits per heavy atom. The van der Waals surface area contributed by atoms with Crippen molar-refractivity contribution in [2.45, 2.75) is 13.3 Å². The van der Waals surface area contributed by atoms with Crippen LogP contribution in [0.2, 0.25) is 0 Å². The Hall–Kier alpha value is -1.49. The van der Waals surface area contributed by atoms with Crippen LogP contribution in [0.1, 0.15) is 5.56 Å². The second-order valence-electron chi connectivity index (χ2n) is 4.04. The number of hydrogen-bond donors (Lipinski definition) is 0. The molecule has 0 spiro atoms. The van der Waals surface area contributed by atoms with Crippen LogP contribution in [0.25, 0.3) is 11.1 Å². The van der Waals surface area contributed by atoms with Crippen molar-refractivity contribution in [3.63, 3.8) is 0 Å². The van der Waals surface area contributed by atoms with Crippen molar-refractivity contribution >= 4 is 15.9 Å². The number of halogens is 4. The van der Waals surface area contributed by atoms with E-state index in [1.807, 2.05) is 31.2 Å². The summed E-state index contributed by atoms with van der Waals surface area (Å²) in [7, 11) is 0. The molecule has 0 aromatic heterocycles. The standard InChI is InChI=1S/C14H10BrF3O/c1-9-4-2-3-5-13(9)10-6-11(15)8-12(7-10)19-14(16,17)18/h2-8H,1H3. The lowest BCUT2D eigenvalue weighted by atomic mass is 10.0. The summed E-state index contributed by atoms with van der Waals surface area (Å²) in [5.74, 6) is -0.236. The second kappa shape index (κ2) is 5.25. The van der Waals surface area contributed by atoms with Gasteiger partial charge in [0.2, 0.25) is 0 Å². The predicted octanol–water partition coefficient (Wildman–Crippen LogP) is 5.32. The van der Waals surface area contributed by atoms with Crippen LogP contribution >= 0.6 is 15.9 Å². The molecule has 0 aliphatic rings. The first-order valence-corrected chi connectivity index (χ1v) is 6.27. The lowest BCUT2D eigenvalue weighted by Crippen LogP contribution is -2.17. The molecule has 0 heterocycles. The molecule has 0 fully saturated rings. The van der Waals surface area contributed by atoms with Gasteiger partial charge in [-0.2, -0.15) is 0 Å². The molecule has 0 aliphatic carbocycles. The minimum Gasteiger partial charge on any atom is -0.406 e. The van der Waals surface area contributed by atoms with Gasteiger partial charge in [-0.3, -0.25) is 0 Å². The van der Waals surface area contributed by atoms with Gasteiger partial charge in [-0.1, -0.05) is 40.2 Å². The SMILES string of the molecule is Cc1ccccc1-c1cc(Br)cc(OC(F)(F)F)c1. The maximum atomic E-state index is 12.2. The monoisotopic (exact) mass is 330 g/mol. The van der Waals surface area contributed by atoms with Crippen LogP contribution in [0, 0.1) is 6.92 Å². The molecule has 1 nitrogen and oxygen atoms in total. The first-order valence-electron chi connectivity index (χ1n) is 5.47. The van der Waals surface area contributed by atoms with Crippen molar-refractivity contribution in [3.8, 4) is 16.9 Å². The van der Waals surface area contributed by atoms with Crippen molar-refractivity contribution in [2.75, 3.05) is 0 Å². The largest absolute Gasteiger partial charge is 0.573 e. The molecule has 0 saturated heterocycles. The maximum absolute atomic E-state index is 12.2. The molecular formula is C14H10BrF3O. The van der Waals surface area contributed by atoms with Gasteiger partial charge in [0.15, 0.2) is 0 Å². The highest BCUT2D eigenvalue weighted by molar-refractivity contribution is 9.10. The van der Waals surface area contributed by atoms with E-state index in [4.69, 9.17) is 0 Å². The summed E-state index contributed by atoms with van der Waals surface area (Å²) >= 11 is 3.20. The number of aryl methyl sites for hydroxylation is 1. The summed E-state index contributed by atoms with van der Waals surface area (Å²) in [6, 6.07) is 11.9. The van der Waals surface area contributed by atoms with Crippen LogP contribution in [0.5, 0.6) is 5.75 Å². The average Bonchev–Trinajstić information content (AvgIpc) is 2.26. The fourth-order valence-corrected chi connectivity index (χ4v) is 2.28. The zero-order valence-electron chi connectivity index (χ0n) is 9.96. The van der Waals surface area contributed by atoms with E-state index >= 15 is 0 Å². The van der Waals surface area contributed by atoms with Crippen molar-refractivity contribution in [3.05, 3.63) is 52.5 Å². The van der Waals surface area contributed by atoms with Gasteiger partial charge < -0.3 is 4.74 Å². The van der Waals surface area contributed by atoms with Crippen molar-refractivity contribution in [1.82, 2.24) is 0 Å². The van der Waals surface area contributed by atoms with E-state index in [9.17, 15) is 13.2 Å². The van der Waals surface area contributed by atoms with E-state index < -0.39 is 6.36 Å². The first-order chi connectivity index (χ1) is 8.85. The number of benzene rings is 2. The molecule has 0 unspecified atom stereocenters. The second-order valence-corrected chi connectivity index (χ2v) is 4.95. The third kappa shape index (κ3) is 3.73. The number of ether oxygens (including phenoxy) is 1. The molecule has 2 aromatic carbocycles. The Bertz CT molecular complexity index is 593. The lowest BCUT2D eigenvalue weighted by molar-refractivity contribution is -0.274. The Morgan fingerprint density at radius 3 is 2.37 bits per heavy atom. The van der Waals surface area contributed by atoms with Crippen molar-refractivity contribution < 1.29 is 17.9 Å². The first kappa shape index (κ1) is 13.9. The Balaban J connectivity index is 2.45. The van der Waals surface area contributed by atoms with Gasteiger partial charge in [-0.05, 0) is 41.8 Å². The zero-order valence-corrected chi connectivity index (χ0v) is 11.5. The molecule has 0 radical (unpaired) electrons. The molecule has 2 rings (SSSR count). The van der Waals surface area contributed by atoms with Gasteiger partial charge in [0.25, 0.3) is 0 Å². The van der Waals surface area contributed by atoms with E-state index in [1.165, 1.54) is 12.1 Å². The summed E-state index contributed by atoms with van der Waals surface area (Å²) < 4.78 is 41.2. The molecule has 2 aromatic rings. The minimum absolute atomic E-state index is 0.236. The van der Waals surface area contributed by atoms with E-state index in [2.05, 4.69) is 20.7 Å². The average molecular weight is 331 g/mol. The van der Waals surface area contributed by atoms with Gasteiger partial charge in [-0.25, -0.2) is 0 Å². The predicted molar refractivity (Wildman–Crippen MR) is 71.0 cm³/mol. The van der Waals surface area contributed by atoms with E-state index in [0.717, 1.165) is 11.1 Å². The van der Waals surface area contributed by atoms with Gasteiger partial charge in [0.1, 0.15) is 5.75 Å². The third-order valence-corrected chi connectivity index (χ3v) is 3.02. The van der Waals surface area contributed by atoms with E-state index in [-0.39, 0.29) is 5.75 Å². The molecule has 0 saturated carbocycles. The summed E-state index contributed by atoms with van der Waals surface area (Å²) in [6.45, 7) is 1.90. The van der Waals surface area contributed by atoms with E-state index in [0.29, 0.717) is 10.0 Å². The highest BCUT2D eigenvalue weighted by atomic mass is 79.9. The molecule has 5 heteroatoms. The summed E-state index contributed by atoms with van der Waals surface area (Å²) in [5, 5.41) is 0. The zero-order chi connectivity index (χ0) is 14.0. The van der Waals surface area contributed by atoms with Crippen LogP contribution in [0.4, 0.5) is 13.2 Å². The van der Waals surface area contributed by atoms with Crippen LogP contribution in [0.3, 0.4) is 0 Å². The minimum atomic E-state index is -4.69. The third-order valence-electron chi connectivity index (χ3n) is 2.56. The Kier molecular flexibility index (Phi) is 3.85. The smallest absolute Gasteiger partial charge is 0.406 e. The van der Waals surface area contributed by atoms with Gasteiger partial charge in [-0.15, -0.1) is 13.2 Å². The summed E-state index contributed by atoms with van der Waals surface area (Å²) in [4.78, 5) is 0. The lowest BCUT2D eigenvalue weighted by Gasteiger charge is -2.12. The number of alkyl halides is 3. The van der Waals surface area contributed by atoms with Crippen LogP contribution in [0.15, 0.2) is 46.9 Å². The highest BCUT2D eigenvalue weighted by Gasteiger charge is 2.31. The Labute approximate surface area is 117 Å². The summed E-state index contributed by atoms with van der Waals surface area (Å²) in [6.07, 6.45) is -4.69. The molecule has 0 atom stereocenters. The molecule has 0 aliphatic heterocycles. The fraction of sp³-hybridized carbons (Fsp3) is 0.143. The van der Waals surface area contributed by atoms with Crippen LogP contribution in [-0.2, 0) is 0 Å². The number of hydrogen-bond acceptors (Lipinski definition) is 1. The van der Waals surface area contributed by atoms with Gasteiger partial charge in [0, 0.05) is 4.47 Å². The molecule has 0 N–H and O–H groups in total. The fourth-order valence-electron chi connectivity index (χ4n) is 1.81. The molecule has 100 valence electrons. The van der Waals surface area contributed by atoms with Gasteiger partial charge >= 0.3 is 6.36 Å².